The van der Waals surface area contributed by atoms with Gasteiger partial charge in [-0.1, -0.05) is 0 Å². The Morgan fingerprint density at radius 3 is 1.19 bits per heavy atom. The van der Waals surface area contributed by atoms with Crippen LogP contribution in [0.2, 0.25) is 0 Å². The molecule has 0 aromatic carbocycles. The van der Waals surface area contributed by atoms with Crippen molar-refractivity contribution in [3.63, 3.8) is 0 Å². The molecule has 16 aliphatic heterocycles. The Morgan fingerprint density at radius 2 is 0.661 bits per heavy atom. The molecule has 0 saturated carbocycles. The maximum Gasteiger partial charge on any atom is 0.330 e. The Balaban J connectivity index is 0.000000117. The summed E-state index contributed by atoms with van der Waals surface area (Å²) in [5.74, 6) is 4.16. The van der Waals surface area contributed by atoms with E-state index in [2.05, 4.69) is 106 Å². The summed E-state index contributed by atoms with van der Waals surface area (Å²) in [5, 5.41) is 0. The Kier molecular flexibility index (Phi) is 25.5. The number of amides is 4. The van der Waals surface area contributed by atoms with Crippen molar-refractivity contribution in [2.45, 2.75) is 84.2 Å². The second kappa shape index (κ2) is 35.3. The minimum Gasteiger partial charge on any atom is -0.330 e. The van der Waals surface area contributed by atoms with Crippen molar-refractivity contribution in [3.8, 4) is 0 Å². The third kappa shape index (κ3) is 16.9. The van der Waals surface area contributed by atoms with Crippen LogP contribution in [0.4, 0.5) is 0 Å². The molecule has 4 aromatic heterocycles. The summed E-state index contributed by atoms with van der Waals surface area (Å²) >= 11 is 0. The number of fused-ring (bicyclic) bond motifs is 12. The first kappa shape index (κ1) is 85.5. The smallest absolute Gasteiger partial charge is 0.330 e. The van der Waals surface area contributed by atoms with Gasteiger partial charge in [0.15, 0.2) is 0 Å². The highest BCUT2D eigenvalue weighted by atomic mass is 16.2. The van der Waals surface area contributed by atoms with E-state index in [1.54, 1.807) is 69.6 Å². The number of carbonyl (C=O) groups is 4. The van der Waals surface area contributed by atoms with Crippen molar-refractivity contribution in [2.24, 2.45) is 57.3 Å². The zero-order valence-corrected chi connectivity index (χ0v) is 72.1. The second-order valence-corrected chi connectivity index (χ2v) is 33.4. The predicted octanol–water partition coefficient (Wildman–Crippen LogP) is -2.65. The van der Waals surface area contributed by atoms with Crippen molar-refractivity contribution >= 4 is 41.5 Å². The topological polar surface area (TPSA) is 315 Å². The largest absolute Gasteiger partial charge is 0.330 e. The number of aliphatic imine (C=N–C) groups is 3. The third-order valence-electron chi connectivity index (χ3n) is 24.5. The molecule has 20 heterocycles. The molecule has 0 saturated heterocycles. The van der Waals surface area contributed by atoms with Crippen LogP contribution in [0.15, 0.2) is 113 Å². The normalized spacial score (nSPS) is 21.6. The number of guanidine groups is 3. The van der Waals surface area contributed by atoms with E-state index in [9.17, 15) is 47.9 Å². The molecular weight excluding hydrogens is 1510 g/mol. The molecule has 37 nitrogen and oxygen atoms in total. The van der Waals surface area contributed by atoms with E-state index >= 15 is 0 Å². The molecule has 0 fully saturated rings. The van der Waals surface area contributed by atoms with E-state index in [-0.39, 0.29) is 57.2 Å². The fourth-order valence-electron chi connectivity index (χ4n) is 17.9. The van der Waals surface area contributed by atoms with E-state index in [0.29, 0.717) is 19.6 Å². The molecule has 0 atom stereocenters. The lowest BCUT2D eigenvalue weighted by atomic mass is 10.0. The van der Waals surface area contributed by atoms with Gasteiger partial charge >= 0.3 is 11.4 Å². The zero-order valence-electron chi connectivity index (χ0n) is 72.1. The molecule has 118 heavy (non-hydrogen) atoms. The lowest BCUT2D eigenvalue weighted by Crippen LogP contribution is -2.55. The number of carbonyl (C=O) groups excluding carboxylic acids is 4. The van der Waals surface area contributed by atoms with Crippen LogP contribution in [0, 0.1) is 0 Å². The molecule has 4 aromatic rings. The Hall–Kier alpha value is -10.4. The van der Waals surface area contributed by atoms with E-state index in [1.807, 2.05) is 68.3 Å². The van der Waals surface area contributed by atoms with Gasteiger partial charge in [0.2, 0.25) is 17.9 Å². The summed E-state index contributed by atoms with van der Waals surface area (Å²) in [6.07, 6.45) is 12.1. The number of rotatable bonds is 0. The molecule has 4 amide bonds. The lowest BCUT2D eigenvalue weighted by molar-refractivity contribution is -0.126. The summed E-state index contributed by atoms with van der Waals surface area (Å²) < 4.78 is 8.55. The maximum atomic E-state index is 12.3. The SMILES string of the molecule is CN1CC2=C(C1)N1CCC=C1N(C)C2=O.CN1CC2=C(C1)N1CCCN=C1N(C)C2=O.CN1CCC2=C(C1)C(=O)N(C)C1=NCCCN12.CN1CCC2=C(C1)C(=O)N(C)C1=NCCN12.CN1CCc2c(c(=O)n(C)c(=O)n2C)C1.CN1CCc2ncn(C)c(=O)c2C1.CN1Cc2c(n(C)c(=O)n(C)c2=O)C1.CN1Cc2ncn(C)c(=O)c2C1. The summed E-state index contributed by atoms with van der Waals surface area (Å²) in [6.45, 7) is 19.4. The molecule has 0 unspecified atom stereocenters. The van der Waals surface area contributed by atoms with Crippen LogP contribution in [0.1, 0.15) is 77.1 Å². The first-order valence-electron chi connectivity index (χ1n) is 40.7. The zero-order chi connectivity index (χ0) is 84.9. The van der Waals surface area contributed by atoms with Crippen LogP contribution < -0.4 is 33.6 Å². The van der Waals surface area contributed by atoms with Gasteiger partial charge in [0, 0.05) is 274 Å². The molecule has 0 radical (unpaired) electrons. The molecule has 20 rings (SSSR count). The van der Waals surface area contributed by atoms with Gasteiger partial charge in [0.05, 0.1) is 75.1 Å². The van der Waals surface area contributed by atoms with Crippen molar-refractivity contribution in [1.82, 2.24) is 116 Å². The molecule has 37 heteroatoms. The number of hydrogen-bond donors (Lipinski definition) is 0. The summed E-state index contributed by atoms with van der Waals surface area (Å²) in [7, 11) is 33.4. The molecule has 16 aliphatic rings. The van der Waals surface area contributed by atoms with Crippen LogP contribution in [-0.2, 0) is 114 Å². The highest BCUT2D eigenvalue weighted by Gasteiger charge is 2.43. The third-order valence-corrected chi connectivity index (χ3v) is 24.5. The molecule has 0 N–H and O–H groups in total. The van der Waals surface area contributed by atoms with Gasteiger partial charge in [0.1, 0.15) is 5.82 Å². The lowest BCUT2D eigenvalue weighted by Gasteiger charge is -2.43. The number of hydrogen-bond acceptors (Lipinski definition) is 27. The molecule has 636 valence electrons. The van der Waals surface area contributed by atoms with Crippen LogP contribution in [0.25, 0.3) is 0 Å². The summed E-state index contributed by atoms with van der Waals surface area (Å²) in [4.78, 5) is 173. The highest BCUT2D eigenvalue weighted by Crippen LogP contribution is 2.36. The van der Waals surface area contributed by atoms with E-state index < -0.39 is 0 Å². The van der Waals surface area contributed by atoms with Gasteiger partial charge < -0.3 is 52.9 Å². The van der Waals surface area contributed by atoms with Gasteiger partial charge in [-0.05, 0) is 81.7 Å². The predicted molar refractivity (Wildman–Crippen MR) is 447 cm³/mol. The maximum absolute atomic E-state index is 12.3. The molecule has 0 aliphatic carbocycles. The number of aryl methyl sites for hydroxylation is 2. The van der Waals surface area contributed by atoms with Gasteiger partial charge in [-0.2, -0.15) is 0 Å². The number of likely N-dealkylation sites (N-methyl/N-ethyl adjacent to an activating group) is 10. The quantitative estimate of drug-likeness (QED) is 0.174. The van der Waals surface area contributed by atoms with Gasteiger partial charge in [0.25, 0.3) is 45.9 Å². The minimum atomic E-state index is -0.246. The number of aromatic nitrogens is 8. The fraction of sp³-hybridized carbons (Fsp3) is 0.593. The fourth-order valence-corrected chi connectivity index (χ4v) is 17.9. The summed E-state index contributed by atoms with van der Waals surface area (Å²) in [6, 6.07) is 0. The Labute approximate surface area is 687 Å². The number of nitrogens with zero attached hydrogens (tertiary/aromatic N) is 27. The highest BCUT2D eigenvalue weighted by molar-refractivity contribution is 6.11. The Bertz CT molecular complexity index is 5360. The van der Waals surface area contributed by atoms with Crippen LogP contribution in [-0.4, -0.2) is 353 Å². The van der Waals surface area contributed by atoms with Crippen molar-refractivity contribution < 1.29 is 19.2 Å². The van der Waals surface area contributed by atoms with Crippen LogP contribution >= 0.6 is 0 Å². The monoisotopic (exact) mass is 1630 g/mol. The van der Waals surface area contributed by atoms with Crippen LogP contribution in [0.3, 0.4) is 0 Å². The molecule has 0 bridgehead atoms. The average molecular weight is 1630 g/mol. The molecule has 0 spiro atoms. The van der Waals surface area contributed by atoms with E-state index in [4.69, 9.17) is 0 Å². The van der Waals surface area contributed by atoms with Crippen molar-refractivity contribution in [2.75, 3.05) is 196 Å². The Morgan fingerprint density at radius 1 is 0.288 bits per heavy atom. The average Bonchev–Trinajstić information content (AvgIpc) is 1.65. The van der Waals surface area contributed by atoms with Gasteiger partial charge in [-0.3, -0.25) is 106 Å². The van der Waals surface area contributed by atoms with Crippen molar-refractivity contribution in [1.29, 1.82) is 0 Å². The second-order valence-electron chi connectivity index (χ2n) is 33.4. The minimum absolute atomic E-state index is 0.0874. The van der Waals surface area contributed by atoms with E-state index in [1.165, 1.54) is 50.6 Å². The van der Waals surface area contributed by atoms with Gasteiger partial charge in [-0.25, -0.2) is 19.6 Å². The van der Waals surface area contributed by atoms with E-state index in [0.717, 1.165) is 271 Å². The summed E-state index contributed by atoms with van der Waals surface area (Å²) in [5.41, 5.74) is 14.9. The molecular formula is C81H117N27O10. The van der Waals surface area contributed by atoms with Crippen LogP contribution in [0.5, 0.6) is 0 Å². The first-order valence-corrected chi connectivity index (χ1v) is 40.7. The standard InChI is InChI=1S/C12H18N4O.2C11H16N4O.C11H15N3O.C10H15N3O2.C9H13N3O2.C9H13N3O.C8H11N3O/c1-14-7-4-10-9(8-14)11(17)15(2)12-13-5-3-6-16(10)12;1-13-5-3-9-8(7-13)10(16)14(2)11-12-4-6-15(9)11;1-13-6-8-9(7-13)15-5-3-4-12-11(15)14(2)10(8)16;1-12-6-8-9(7-12)14-5-3-4-10(14)13(2)11(8)15;1-11-5-4-8-7(6-11)9(14)13(3)10(15)12(8)2;1-10-4-6-7(5-10)11(2)9(14)12(3)8(6)13;1-11-4-3-8-7(5-11)9(13)12(2)6-10-8;1-10-3-6-7(4-10)9-5-11(2)8(6)12/h3-8H2,1-2H3;2*3-7H2,1-2H3;4H,3,5-7H2,1-2H3;4-6H2,1-3H3;4-5H2,1-3H3;6H,3-5H2,1-2H3;5H,3-4H2,1-2H3. The van der Waals surface area contributed by atoms with Crippen molar-refractivity contribution in [3.05, 3.63) is 177 Å². The first-order chi connectivity index (χ1) is 56.1. The van der Waals surface area contributed by atoms with Gasteiger partial charge in [-0.15, -0.1) is 0 Å².